The van der Waals surface area contributed by atoms with Gasteiger partial charge in [0.05, 0.1) is 5.69 Å². The van der Waals surface area contributed by atoms with Crippen LogP contribution >= 0.6 is 0 Å². The number of aromatic nitrogens is 4. The van der Waals surface area contributed by atoms with Crippen LogP contribution < -0.4 is 9.80 Å². The number of rotatable bonds is 6. The molecule has 0 unspecified atom stereocenters. The summed E-state index contributed by atoms with van der Waals surface area (Å²) in [6.07, 6.45) is 10.7. The highest BCUT2D eigenvalue weighted by molar-refractivity contribution is 5.81. The smallest absolute Gasteiger partial charge is 0.138 e. The van der Waals surface area contributed by atoms with Gasteiger partial charge in [-0.2, -0.15) is 0 Å². The van der Waals surface area contributed by atoms with Crippen molar-refractivity contribution in [1.29, 1.82) is 0 Å². The van der Waals surface area contributed by atoms with Crippen molar-refractivity contribution in [3.63, 3.8) is 0 Å². The van der Waals surface area contributed by atoms with E-state index >= 15 is 0 Å². The highest BCUT2D eigenvalue weighted by Crippen LogP contribution is 2.38. The van der Waals surface area contributed by atoms with Crippen molar-refractivity contribution in [2.24, 2.45) is 0 Å². The molecule has 0 saturated heterocycles. The highest BCUT2D eigenvalue weighted by Gasteiger charge is 2.17. The average molecular weight is 416 g/mol. The Labute approximate surface area is 186 Å². The van der Waals surface area contributed by atoms with Crippen LogP contribution in [0, 0.1) is 0 Å². The summed E-state index contributed by atoms with van der Waals surface area (Å²) >= 11 is 0. The third kappa shape index (κ3) is 4.02. The van der Waals surface area contributed by atoms with Gasteiger partial charge in [-0.05, 0) is 66.7 Å². The van der Waals surface area contributed by atoms with Crippen molar-refractivity contribution in [2.75, 3.05) is 9.80 Å². The van der Waals surface area contributed by atoms with Crippen molar-refractivity contribution in [1.82, 2.24) is 19.9 Å². The van der Waals surface area contributed by atoms with Gasteiger partial charge >= 0.3 is 0 Å². The molecule has 0 N–H and O–H groups in total. The lowest BCUT2D eigenvalue weighted by Crippen LogP contribution is -2.14. The van der Waals surface area contributed by atoms with Crippen LogP contribution in [-0.2, 0) is 0 Å². The van der Waals surface area contributed by atoms with E-state index in [1.807, 2.05) is 71.6 Å². The van der Waals surface area contributed by atoms with Gasteiger partial charge in [-0.25, -0.2) is 9.97 Å². The van der Waals surface area contributed by atoms with Crippen LogP contribution in [0.1, 0.15) is 0 Å². The normalized spacial score (nSPS) is 10.5. The van der Waals surface area contributed by atoms with Crippen molar-refractivity contribution in [3.8, 4) is 0 Å². The van der Waals surface area contributed by atoms with Gasteiger partial charge in [0, 0.05) is 54.2 Å². The van der Waals surface area contributed by atoms with Crippen molar-refractivity contribution >= 4 is 34.4 Å². The summed E-state index contributed by atoms with van der Waals surface area (Å²) in [6.45, 7) is 0. The average Bonchev–Trinajstić information content (AvgIpc) is 2.87. The minimum Gasteiger partial charge on any atom is -0.310 e. The molecule has 6 nitrogen and oxygen atoms in total. The summed E-state index contributed by atoms with van der Waals surface area (Å²) in [4.78, 5) is 21.7. The van der Waals surface area contributed by atoms with Gasteiger partial charge in [-0.15, -0.1) is 0 Å². The number of pyridine rings is 4. The van der Waals surface area contributed by atoms with E-state index in [2.05, 4.69) is 43.0 Å². The number of nitrogens with zero attached hydrogens (tertiary/aromatic N) is 6. The molecular weight excluding hydrogens is 396 g/mol. The standard InChI is InChI=1S/C26H20N6/c1-3-14-29-25(8-1)32(26-9-2-4-15-30-26)24-7-5-6-23(20-24)31(21-10-16-27-17-11-21)22-12-18-28-19-13-22/h1-20H. The van der Waals surface area contributed by atoms with E-state index in [0.29, 0.717) is 0 Å². The van der Waals surface area contributed by atoms with Crippen LogP contribution in [0.4, 0.5) is 34.4 Å². The van der Waals surface area contributed by atoms with Gasteiger partial charge in [-0.3, -0.25) is 14.9 Å². The zero-order chi connectivity index (χ0) is 21.6. The van der Waals surface area contributed by atoms with E-state index in [1.165, 1.54) is 0 Å². The number of benzene rings is 1. The molecule has 32 heavy (non-hydrogen) atoms. The molecule has 4 aromatic heterocycles. The van der Waals surface area contributed by atoms with Crippen LogP contribution in [0.3, 0.4) is 0 Å². The molecule has 0 bridgehead atoms. The maximum absolute atomic E-state index is 4.58. The molecule has 154 valence electrons. The Kier molecular flexibility index (Phi) is 5.49. The molecular formula is C26H20N6. The molecule has 0 aliphatic rings. The molecule has 0 aliphatic carbocycles. The van der Waals surface area contributed by atoms with Crippen molar-refractivity contribution < 1.29 is 0 Å². The van der Waals surface area contributed by atoms with E-state index in [1.54, 1.807) is 37.2 Å². The first-order valence-electron chi connectivity index (χ1n) is 10.2. The summed E-state index contributed by atoms with van der Waals surface area (Å²) in [5.74, 6) is 1.59. The van der Waals surface area contributed by atoms with E-state index in [0.717, 1.165) is 34.4 Å². The number of hydrogen-bond acceptors (Lipinski definition) is 6. The first kappa shape index (κ1) is 19.4. The maximum atomic E-state index is 4.58. The molecule has 0 amide bonds. The van der Waals surface area contributed by atoms with E-state index in [9.17, 15) is 0 Å². The molecule has 5 aromatic rings. The molecule has 5 rings (SSSR count). The molecule has 4 heterocycles. The van der Waals surface area contributed by atoms with E-state index in [-0.39, 0.29) is 0 Å². The third-order valence-corrected chi connectivity index (χ3v) is 4.94. The molecule has 0 spiro atoms. The van der Waals surface area contributed by atoms with E-state index < -0.39 is 0 Å². The van der Waals surface area contributed by atoms with E-state index in [4.69, 9.17) is 0 Å². The molecule has 0 fully saturated rings. The predicted molar refractivity (Wildman–Crippen MR) is 127 cm³/mol. The Hall–Kier alpha value is -4.58. The number of anilines is 6. The Morgan fingerprint density at radius 3 is 1.38 bits per heavy atom. The molecule has 0 radical (unpaired) electrons. The minimum atomic E-state index is 0.794. The summed E-state index contributed by atoms with van der Waals surface area (Å²) in [7, 11) is 0. The second kappa shape index (κ2) is 9.06. The van der Waals surface area contributed by atoms with Crippen LogP contribution in [0.25, 0.3) is 0 Å². The second-order valence-corrected chi connectivity index (χ2v) is 6.98. The van der Waals surface area contributed by atoms with Gasteiger partial charge in [0.1, 0.15) is 11.6 Å². The van der Waals surface area contributed by atoms with Crippen LogP contribution in [0.15, 0.2) is 122 Å². The zero-order valence-corrected chi connectivity index (χ0v) is 17.2. The summed E-state index contributed by atoms with van der Waals surface area (Å²) in [5, 5.41) is 0. The van der Waals surface area contributed by atoms with Crippen LogP contribution in [-0.4, -0.2) is 19.9 Å². The molecule has 0 atom stereocenters. The first-order valence-corrected chi connectivity index (χ1v) is 10.2. The van der Waals surface area contributed by atoms with Crippen LogP contribution in [0.2, 0.25) is 0 Å². The monoisotopic (exact) mass is 416 g/mol. The quantitative estimate of drug-likeness (QED) is 0.328. The fourth-order valence-corrected chi connectivity index (χ4v) is 3.56. The van der Waals surface area contributed by atoms with Gasteiger partial charge in [0.25, 0.3) is 0 Å². The summed E-state index contributed by atoms with van der Waals surface area (Å²) in [6, 6.07) is 28.0. The number of hydrogen-bond donors (Lipinski definition) is 0. The minimum absolute atomic E-state index is 0.794. The Bertz CT molecular complexity index is 1090. The summed E-state index contributed by atoms with van der Waals surface area (Å²) in [5.41, 5.74) is 3.96. The molecule has 0 aliphatic heterocycles. The van der Waals surface area contributed by atoms with Gasteiger partial charge in [0.15, 0.2) is 0 Å². The molecule has 6 heteroatoms. The predicted octanol–water partition coefficient (Wildman–Crippen LogP) is 6.21. The van der Waals surface area contributed by atoms with Gasteiger partial charge < -0.3 is 4.90 Å². The van der Waals surface area contributed by atoms with Crippen LogP contribution in [0.5, 0.6) is 0 Å². The van der Waals surface area contributed by atoms with Gasteiger partial charge in [-0.1, -0.05) is 18.2 Å². The summed E-state index contributed by atoms with van der Waals surface area (Å²) < 4.78 is 0. The van der Waals surface area contributed by atoms with Gasteiger partial charge in [0.2, 0.25) is 0 Å². The lowest BCUT2D eigenvalue weighted by atomic mass is 10.2. The Balaban J connectivity index is 1.65. The fourth-order valence-electron chi connectivity index (χ4n) is 3.56. The van der Waals surface area contributed by atoms with Crippen molar-refractivity contribution in [2.45, 2.75) is 0 Å². The second-order valence-electron chi connectivity index (χ2n) is 6.98. The maximum Gasteiger partial charge on any atom is 0.138 e. The van der Waals surface area contributed by atoms with Crippen molar-refractivity contribution in [3.05, 3.63) is 122 Å². The largest absolute Gasteiger partial charge is 0.310 e. The highest BCUT2D eigenvalue weighted by atomic mass is 15.2. The molecule has 1 aromatic carbocycles. The zero-order valence-electron chi connectivity index (χ0n) is 17.2. The fraction of sp³-hybridized carbons (Fsp3) is 0. The Morgan fingerprint density at radius 1 is 0.406 bits per heavy atom. The SMILES string of the molecule is c1ccc(N(c2cccc(N(c3ccncc3)c3ccncc3)c2)c2ccccn2)nc1. The topological polar surface area (TPSA) is 58.0 Å². The lowest BCUT2D eigenvalue weighted by molar-refractivity contribution is 1.12. The molecule has 0 saturated carbocycles. The first-order chi connectivity index (χ1) is 15.9. The lowest BCUT2D eigenvalue weighted by Gasteiger charge is -2.28. The Morgan fingerprint density at radius 2 is 0.906 bits per heavy atom. The third-order valence-electron chi connectivity index (χ3n) is 4.94.